The predicted octanol–water partition coefficient (Wildman–Crippen LogP) is 1.95. The predicted molar refractivity (Wildman–Crippen MR) is 135 cm³/mol. The molecule has 0 bridgehead atoms. The van der Waals surface area contributed by atoms with Gasteiger partial charge in [-0.1, -0.05) is 24.3 Å². The summed E-state index contributed by atoms with van der Waals surface area (Å²) in [6.45, 7) is -0.201. The van der Waals surface area contributed by atoms with Crippen molar-refractivity contribution in [2.24, 2.45) is 0 Å². The van der Waals surface area contributed by atoms with E-state index in [1.54, 1.807) is 18.3 Å². The average Bonchev–Trinajstić information content (AvgIpc) is 3.56. The van der Waals surface area contributed by atoms with Crippen LogP contribution in [0.3, 0.4) is 0 Å². The lowest BCUT2D eigenvalue weighted by Gasteiger charge is -2.21. The third-order valence-corrected chi connectivity index (χ3v) is 6.61. The van der Waals surface area contributed by atoms with E-state index < -0.39 is 36.4 Å². The van der Waals surface area contributed by atoms with Crippen LogP contribution in [-0.2, 0) is 20.9 Å². The standard InChI is InChI=1S/C27H26FN3O6/c28-18-5-3-6-19-23(18)16(12-29-19)24-25(27(36)30-26(24)35)17-13-31(20-7-2-1-4-15(17)20)9-11-37-22(8-10-32)21(34)14-33/h1-7,12-13,21-22,29,32-34H,8-11,14H2,(H,30,35,36). The third kappa shape index (κ3) is 4.44. The number of para-hydroxylation sites is 1. The molecule has 0 saturated carbocycles. The number of amides is 2. The van der Waals surface area contributed by atoms with Crippen molar-refractivity contribution in [1.29, 1.82) is 0 Å². The molecule has 4 aromatic rings. The Balaban J connectivity index is 1.57. The zero-order valence-electron chi connectivity index (χ0n) is 19.8. The zero-order chi connectivity index (χ0) is 26.1. The van der Waals surface area contributed by atoms with Crippen LogP contribution in [0.1, 0.15) is 17.5 Å². The molecule has 0 fully saturated rings. The number of H-pyrrole nitrogens is 1. The maximum Gasteiger partial charge on any atom is 0.259 e. The normalized spacial score (nSPS) is 15.7. The van der Waals surface area contributed by atoms with Crippen LogP contribution >= 0.6 is 0 Å². The lowest BCUT2D eigenvalue weighted by molar-refractivity contribution is -0.122. The molecule has 192 valence electrons. The molecule has 2 aromatic carbocycles. The van der Waals surface area contributed by atoms with E-state index in [2.05, 4.69) is 10.3 Å². The number of ether oxygens (including phenoxy) is 1. The highest BCUT2D eigenvalue weighted by atomic mass is 19.1. The maximum atomic E-state index is 14.8. The molecule has 37 heavy (non-hydrogen) atoms. The second kappa shape index (κ2) is 10.3. The summed E-state index contributed by atoms with van der Waals surface area (Å²) in [4.78, 5) is 29.0. The smallest absolute Gasteiger partial charge is 0.259 e. The van der Waals surface area contributed by atoms with Gasteiger partial charge in [-0.3, -0.25) is 14.9 Å². The number of nitrogens with zero attached hydrogens (tertiary/aromatic N) is 1. The van der Waals surface area contributed by atoms with Crippen molar-refractivity contribution < 1.29 is 34.0 Å². The lowest BCUT2D eigenvalue weighted by atomic mass is 9.95. The number of carbonyl (C=O) groups excluding carboxylic acids is 2. The van der Waals surface area contributed by atoms with Crippen molar-refractivity contribution in [2.45, 2.75) is 25.2 Å². The molecule has 2 aromatic heterocycles. The maximum absolute atomic E-state index is 14.8. The van der Waals surface area contributed by atoms with Crippen LogP contribution in [0.2, 0.25) is 0 Å². The highest BCUT2D eigenvalue weighted by Gasteiger charge is 2.35. The summed E-state index contributed by atoms with van der Waals surface area (Å²) in [5.41, 5.74) is 2.36. The summed E-state index contributed by atoms with van der Waals surface area (Å²) in [5, 5.41) is 31.7. The van der Waals surface area contributed by atoms with Gasteiger partial charge in [-0.25, -0.2) is 4.39 Å². The minimum absolute atomic E-state index is 0.0922. The van der Waals surface area contributed by atoms with Crippen LogP contribution in [0.4, 0.5) is 4.39 Å². The summed E-state index contributed by atoms with van der Waals surface area (Å²) in [7, 11) is 0. The Morgan fingerprint density at radius 1 is 1.00 bits per heavy atom. The molecule has 2 amide bonds. The average molecular weight is 508 g/mol. The molecule has 9 nitrogen and oxygen atoms in total. The van der Waals surface area contributed by atoms with E-state index in [-0.39, 0.29) is 36.2 Å². The van der Waals surface area contributed by atoms with Crippen molar-refractivity contribution in [2.75, 3.05) is 19.8 Å². The summed E-state index contributed by atoms with van der Waals surface area (Å²) < 4.78 is 22.3. The van der Waals surface area contributed by atoms with E-state index >= 15 is 0 Å². The van der Waals surface area contributed by atoms with Crippen LogP contribution in [-0.4, -0.2) is 68.7 Å². The molecule has 1 aliphatic rings. The lowest BCUT2D eigenvalue weighted by Crippen LogP contribution is -2.33. The Kier molecular flexibility index (Phi) is 6.90. The molecule has 0 saturated heterocycles. The first kappa shape index (κ1) is 24.8. The van der Waals surface area contributed by atoms with Crippen LogP contribution in [0.15, 0.2) is 54.9 Å². The Morgan fingerprint density at radius 3 is 2.51 bits per heavy atom. The number of halogens is 1. The van der Waals surface area contributed by atoms with E-state index in [9.17, 15) is 29.3 Å². The molecule has 0 aliphatic carbocycles. The van der Waals surface area contributed by atoms with Crippen molar-refractivity contribution in [3.63, 3.8) is 0 Å². The van der Waals surface area contributed by atoms with E-state index in [1.165, 1.54) is 12.3 Å². The van der Waals surface area contributed by atoms with Crippen LogP contribution in [0, 0.1) is 5.82 Å². The number of aromatic nitrogens is 2. The monoisotopic (exact) mass is 507 g/mol. The molecule has 5 N–H and O–H groups in total. The summed E-state index contributed by atoms with van der Waals surface area (Å²) in [6.07, 6.45) is 1.58. The highest BCUT2D eigenvalue weighted by molar-refractivity contribution is 6.50. The van der Waals surface area contributed by atoms with E-state index in [1.807, 2.05) is 28.8 Å². The number of aliphatic hydroxyl groups is 3. The fraction of sp³-hybridized carbons (Fsp3) is 0.259. The molecule has 0 spiro atoms. The first-order valence-electron chi connectivity index (χ1n) is 11.9. The fourth-order valence-electron chi connectivity index (χ4n) is 4.87. The summed E-state index contributed by atoms with van der Waals surface area (Å²) in [5.74, 6) is -1.68. The van der Waals surface area contributed by atoms with Gasteiger partial charge in [-0.2, -0.15) is 0 Å². The minimum Gasteiger partial charge on any atom is -0.396 e. The first-order valence-corrected chi connectivity index (χ1v) is 11.9. The number of rotatable bonds is 10. The zero-order valence-corrected chi connectivity index (χ0v) is 19.8. The third-order valence-electron chi connectivity index (χ3n) is 6.61. The molecular formula is C27H26FN3O6. The number of nitrogens with one attached hydrogen (secondary N) is 2. The molecular weight excluding hydrogens is 481 g/mol. The van der Waals surface area contributed by atoms with Gasteiger partial charge in [-0.15, -0.1) is 0 Å². The highest BCUT2D eigenvalue weighted by Crippen LogP contribution is 2.38. The Labute approximate surface area is 210 Å². The second-order valence-corrected chi connectivity index (χ2v) is 8.82. The number of imide groups is 1. The second-order valence-electron chi connectivity index (χ2n) is 8.82. The minimum atomic E-state index is -1.12. The van der Waals surface area contributed by atoms with Crippen LogP contribution in [0.25, 0.3) is 33.0 Å². The van der Waals surface area contributed by atoms with Gasteiger partial charge in [0.15, 0.2) is 0 Å². The van der Waals surface area contributed by atoms with Gasteiger partial charge in [-0.05, 0) is 24.6 Å². The molecule has 3 heterocycles. The van der Waals surface area contributed by atoms with Gasteiger partial charge < -0.3 is 29.6 Å². The number of hydrogen-bond donors (Lipinski definition) is 5. The summed E-state index contributed by atoms with van der Waals surface area (Å²) >= 11 is 0. The number of hydrogen-bond acceptors (Lipinski definition) is 6. The van der Waals surface area contributed by atoms with Gasteiger partial charge in [0.05, 0.1) is 30.5 Å². The van der Waals surface area contributed by atoms with E-state index in [0.29, 0.717) is 23.2 Å². The van der Waals surface area contributed by atoms with Gasteiger partial charge in [0, 0.05) is 58.5 Å². The SMILES string of the molecule is O=C1NC(=O)C(c2c[nH]c3cccc(F)c23)=C1c1cn(CCOC(CCO)C(O)CO)c2ccccc12. The van der Waals surface area contributed by atoms with E-state index in [4.69, 9.17) is 4.74 Å². The molecule has 0 radical (unpaired) electrons. The number of fused-ring (bicyclic) bond motifs is 2. The largest absolute Gasteiger partial charge is 0.396 e. The number of aliphatic hydroxyl groups excluding tert-OH is 3. The number of aromatic amines is 1. The number of benzene rings is 2. The topological polar surface area (TPSA) is 137 Å². The van der Waals surface area contributed by atoms with Crippen molar-refractivity contribution >= 4 is 44.8 Å². The molecule has 5 rings (SSSR count). The fourth-order valence-corrected chi connectivity index (χ4v) is 4.87. The Hall–Kier alpha value is -3.83. The van der Waals surface area contributed by atoms with Gasteiger partial charge >= 0.3 is 0 Å². The quantitative estimate of drug-likeness (QED) is 0.208. The van der Waals surface area contributed by atoms with Crippen molar-refractivity contribution in [3.05, 3.63) is 71.8 Å². The van der Waals surface area contributed by atoms with Gasteiger partial charge in [0.1, 0.15) is 11.9 Å². The van der Waals surface area contributed by atoms with Gasteiger partial charge in [0.25, 0.3) is 11.8 Å². The summed E-state index contributed by atoms with van der Waals surface area (Å²) in [6, 6.07) is 11.9. The van der Waals surface area contributed by atoms with Crippen molar-refractivity contribution in [1.82, 2.24) is 14.9 Å². The first-order chi connectivity index (χ1) is 17.9. The van der Waals surface area contributed by atoms with Crippen LogP contribution in [0.5, 0.6) is 0 Å². The van der Waals surface area contributed by atoms with Crippen LogP contribution < -0.4 is 5.32 Å². The molecule has 2 unspecified atom stereocenters. The van der Waals surface area contributed by atoms with E-state index in [0.717, 1.165) is 10.9 Å². The molecule has 2 atom stereocenters. The molecule has 10 heteroatoms. The molecule has 1 aliphatic heterocycles. The van der Waals surface area contributed by atoms with Gasteiger partial charge in [0.2, 0.25) is 0 Å². The Morgan fingerprint density at radius 2 is 1.76 bits per heavy atom. The Bertz CT molecular complexity index is 1520. The van der Waals surface area contributed by atoms with Crippen molar-refractivity contribution in [3.8, 4) is 0 Å². The number of carbonyl (C=O) groups is 2.